The monoisotopic (exact) mass is 316 g/mol. The number of nitrogens with two attached hydrogens (primary N) is 1. The number of halogens is 1. The van der Waals surface area contributed by atoms with Gasteiger partial charge < -0.3 is 5.73 Å². The summed E-state index contributed by atoms with van der Waals surface area (Å²) in [7, 11) is -3.49. The molecule has 1 fully saturated rings. The zero-order valence-electron chi connectivity index (χ0n) is 11.8. The largest absolute Gasteiger partial charge is 0.328 e. The van der Waals surface area contributed by atoms with E-state index in [1.165, 1.54) is 0 Å². The van der Waals surface area contributed by atoms with Gasteiger partial charge in [0.2, 0.25) is 10.0 Å². The maximum Gasteiger partial charge on any atom is 0.243 e. The average Bonchev–Trinajstić information content (AvgIpc) is 2.41. The van der Waals surface area contributed by atoms with Crippen LogP contribution in [0.4, 0.5) is 0 Å². The molecule has 1 saturated heterocycles. The summed E-state index contributed by atoms with van der Waals surface area (Å²) >= 11 is 6.03. The van der Waals surface area contributed by atoms with E-state index >= 15 is 0 Å². The van der Waals surface area contributed by atoms with E-state index in [1.54, 1.807) is 29.4 Å². The number of benzene rings is 1. The number of sulfonamides is 1. The van der Waals surface area contributed by atoms with Crippen molar-refractivity contribution in [1.82, 2.24) is 4.31 Å². The molecule has 0 aliphatic carbocycles. The van der Waals surface area contributed by atoms with E-state index < -0.39 is 10.0 Å². The molecule has 112 valence electrons. The molecule has 6 heteroatoms. The van der Waals surface area contributed by atoms with Crippen LogP contribution in [0.5, 0.6) is 0 Å². The van der Waals surface area contributed by atoms with E-state index in [-0.39, 0.29) is 12.0 Å². The molecule has 0 radical (unpaired) electrons. The molecule has 1 aliphatic rings. The van der Waals surface area contributed by atoms with Gasteiger partial charge in [0.25, 0.3) is 0 Å². The summed E-state index contributed by atoms with van der Waals surface area (Å²) < 4.78 is 27.1. The molecule has 1 aromatic carbocycles. The van der Waals surface area contributed by atoms with Crippen LogP contribution in [0.25, 0.3) is 0 Å². The number of nitrogens with zero attached hydrogens (tertiary/aromatic N) is 1. The molecule has 2 rings (SSSR count). The molecule has 0 bridgehead atoms. The van der Waals surface area contributed by atoms with Crippen LogP contribution in [0.2, 0.25) is 5.02 Å². The molecule has 0 unspecified atom stereocenters. The molecule has 0 spiro atoms. The molecule has 1 aromatic rings. The molecular weight excluding hydrogens is 296 g/mol. The van der Waals surface area contributed by atoms with E-state index in [0.29, 0.717) is 28.6 Å². The number of hydrogen-bond donors (Lipinski definition) is 1. The molecule has 1 aliphatic heterocycles. The number of hydrogen-bond acceptors (Lipinski definition) is 3. The van der Waals surface area contributed by atoms with Gasteiger partial charge in [-0.2, -0.15) is 4.31 Å². The zero-order chi connectivity index (χ0) is 14.9. The first-order valence-corrected chi connectivity index (χ1v) is 8.66. The molecule has 20 heavy (non-hydrogen) atoms. The van der Waals surface area contributed by atoms with Crippen molar-refractivity contribution in [2.75, 3.05) is 13.1 Å². The van der Waals surface area contributed by atoms with Crippen molar-refractivity contribution in [3.8, 4) is 0 Å². The topological polar surface area (TPSA) is 63.4 Å². The fourth-order valence-electron chi connectivity index (χ4n) is 2.63. The lowest BCUT2D eigenvalue weighted by Gasteiger charge is -2.34. The Morgan fingerprint density at radius 2 is 2.15 bits per heavy atom. The highest BCUT2D eigenvalue weighted by Crippen LogP contribution is 2.29. The summed E-state index contributed by atoms with van der Waals surface area (Å²) in [5.41, 5.74) is 6.53. The van der Waals surface area contributed by atoms with Crippen molar-refractivity contribution >= 4 is 21.6 Å². The summed E-state index contributed by atoms with van der Waals surface area (Å²) in [5, 5.41) is 0.479. The van der Waals surface area contributed by atoms with E-state index in [0.717, 1.165) is 12.8 Å². The SMILES string of the molecule is Cc1c(Cl)cccc1S(=O)(=O)N1CCC[C@@H]([C@H](C)N)C1. The Balaban J connectivity index is 2.33. The quantitative estimate of drug-likeness (QED) is 0.931. The van der Waals surface area contributed by atoms with Crippen molar-refractivity contribution in [3.05, 3.63) is 28.8 Å². The van der Waals surface area contributed by atoms with Crippen LogP contribution < -0.4 is 5.73 Å². The lowest BCUT2D eigenvalue weighted by Crippen LogP contribution is -2.45. The van der Waals surface area contributed by atoms with Crippen molar-refractivity contribution in [2.45, 2.75) is 37.6 Å². The fraction of sp³-hybridized carbons (Fsp3) is 0.571. The highest BCUT2D eigenvalue weighted by molar-refractivity contribution is 7.89. The van der Waals surface area contributed by atoms with Gasteiger partial charge in [0, 0.05) is 24.2 Å². The molecule has 4 nitrogen and oxygen atoms in total. The third-order valence-corrected chi connectivity index (χ3v) is 6.42. The summed E-state index contributed by atoms with van der Waals surface area (Å²) in [4.78, 5) is 0.301. The summed E-state index contributed by atoms with van der Waals surface area (Å²) in [5.74, 6) is 0.220. The van der Waals surface area contributed by atoms with E-state index in [1.807, 2.05) is 6.92 Å². The minimum Gasteiger partial charge on any atom is -0.328 e. The van der Waals surface area contributed by atoms with Gasteiger partial charge in [0.15, 0.2) is 0 Å². The minimum atomic E-state index is -3.49. The maximum absolute atomic E-state index is 12.8. The standard InChI is InChI=1S/C14H21ClN2O2S/c1-10-13(15)6-3-7-14(10)20(18,19)17-8-4-5-12(9-17)11(2)16/h3,6-7,11-12H,4-5,8-9,16H2,1-2H3/t11-,12+/m0/s1. The Bertz CT molecular complexity index is 587. The van der Waals surface area contributed by atoms with Crippen LogP contribution in [0, 0.1) is 12.8 Å². The van der Waals surface area contributed by atoms with E-state index in [9.17, 15) is 8.42 Å². The second-order valence-electron chi connectivity index (χ2n) is 5.49. The van der Waals surface area contributed by atoms with Gasteiger partial charge in [-0.05, 0) is 50.3 Å². The normalized spacial score (nSPS) is 22.7. The second kappa shape index (κ2) is 6.02. The van der Waals surface area contributed by atoms with Gasteiger partial charge in [-0.15, -0.1) is 0 Å². The Labute approximate surface area is 126 Å². The van der Waals surface area contributed by atoms with Crippen molar-refractivity contribution < 1.29 is 8.42 Å². The van der Waals surface area contributed by atoms with E-state index in [2.05, 4.69) is 0 Å². The van der Waals surface area contributed by atoms with E-state index in [4.69, 9.17) is 17.3 Å². The van der Waals surface area contributed by atoms with Crippen LogP contribution >= 0.6 is 11.6 Å². The highest BCUT2D eigenvalue weighted by atomic mass is 35.5. The average molecular weight is 317 g/mol. The van der Waals surface area contributed by atoms with Crippen LogP contribution in [-0.2, 0) is 10.0 Å². The molecular formula is C14H21ClN2O2S. The van der Waals surface area contributed by atoms with Crippen LogP contribution in [0.15, 0.2) is 23.1 Å². The van der Waals surface area contributed by atoms with Crippen molar-refractivity contribution in [2.24, 2.45) is 11.7 Å². The first-order valence-electron chi connectivity index (χ1n) is 6.85. The minimum absolute atomic E-state index is 0.00783. The Morgan fingerprint density at radius 1 is 1.45 bits per heavy atom. The molecule has 1 heterocycles. The van der Waals surface area contributed by atoms with Crippen LogP contribution in [-0.4, -0.2) is 31.9 Å². The Hall–Kier alpha value is -0.620. The molecule has 2 N–H and O–H groups in total. The smallest absolute Gasteiger partial charge is 0.243 e. The first kappa shape index (κ1) is 15.8. The Kier molecular flexibility index (Phi) is 4.74. The van der Waals surface area contributed by atoms with Crippen molar-refractivity contribution in [3.63, 3.8) is 0 Å². The summed E-state index contributed by atoms with van der Waals surface area (Å²) in [6.07, 6.45) is 1.84. The van der Waals surface area contributed by atoms with Gasteiger partial charge in [-0.1, -0.05) is 17.7 Å². The predicted molar refractivity (Wildman–Crippen MR) is 81.3 cm³/mol. The third-order valence-electron chi connectivity index (χ3n) is 4.00. The third kappa shape index (κ3) is 3.01. The van der Waals surface area contributed by atoms with Gasteiger partial charge in [0.05, 0.1) is 4.90 Å². The zero-order valence-corrected chi connectivity index (χ0v) is 13.4. The lowest BCUT2D eigenvalue weighted by atomic mass is 9.93. The first-order chi connectivity index (χ1) is 9.34. The molecule has 0 aromatic heterocycles. The number of piperidine rings is 1. The highest BCUT2D eigenvalue weighted by Gasteiger charge is 2.32. The van der Waals surface area contributed by atoms with Gasteiger partial charge in [-0.25, -0.2) is 8.42 Å². The number of rotatable bonds is 3. The maximum atomic E-state index is 12.8. The van der Waals surface area contributed by atoms with Gasteiger partial charge in [0.1, 0.15) is 0 Å². The molecule has 0 amide bonds. The van der Waals surface area contributed by atoms with Gasteiger partial charge in [-0.3, -0.25) is 0 Å². The summed E-state index contributed by atoms with van der Waals surface area (Å²) in [6.45, 7) is 4.72. The van der Waals surface area contributed by atoms with Gasteiger partial charge >= 0.3 is 0 Å². The van der Waals surface area contributed by atoms with Crippen molar-refractivity contribution in [1.29, 1.82) is 0 Å². The van der Waals surface area contributed by atoms with Crippen LogP contribution in [0.1, 0.15) is 25.3 Å². The fourth-order valence-corrected chi connectivity index (χ4v) is 4.64. The lowest BCUT2D eigenvalue weighted by molar-refractivity contribution is 0.243. The molecule has 0 saturated carbocycles. The summed E-state index contributed by atoms with van der Waals surface area (Å²) in [6, 6.07) is 5.01. The predicted octanol–water partition coefficient (Wildman–Crippen LogP) is 2.40. The second-order valence-corrected chi connectivity index (χ2v) is 7.80. The Morgan fingerprint density at radius 3 is 2.80 bits per heavy atom. The molecule has 2 atom stereocenters. The van der Waals surface area contributed by atoms with Crippen LogP contribution in [0.3, 0.4) is 0 Å².